The minimum atomic E-state index is -0.579. The van der Waals surface area contributed by atoms with Crippen molar-refractivity contribution in [2.45, 2.75) is 13.3 Å². The standard InChI is InChI=1S/C18H12ClFN4O/c1-10-17-18(12-8-14(20)13(19)9-15(12)21-22-17)24(23-10)16(25)7-11-5-3-2-4-6-11/h2-6,8-9H,7H2,1H3. The molecule has 0 saturated carbocycles. The molecule has 0 aliphatic rings. The van der Waals surface area contributed by atoms with Gasteiger partial charge < -0.3 is 0 Å². The second-order valence-electron chi connectivity index (χ2n) is 5.73. The van der Waals surface area contributed by atoms with E-state index in [2.05, 4.69) is 15.3 Å². The SMILES string of the molecule is Cc1nn(C(=O)Cc2ccccc2)c2c1nnc1cc(Cl)c(F)cc12. The van der Waals surface area contributed by atoms with Crippen molar-refractivity contribution in [3.63, 3.8) is 0 Å². The fourth-order valence-corrected chi connectivity index (χ4v) is 2.98. The maximum absolute atomic E-state index is 14.0. The first kappa shape index (κ1) is 15.7. The van der Waals surface area contributed by atoms with Crippen molar-refractivity contribution in [2.75, 3.05) is 0 Å². The number of aromatic nitrogens is 4. The first-order chi connectivity index (χ1) is 12.0. The number of hydrogen-bond donors (Lipinski definition) is 0. The maximum Gasteiger partial charge on any atom is 0.251 e. The lowest BCUT2D eigenvalue weighted by atomic mass is 10.1. The van der Waals surface area contributed by atoms with Gasteiger partial charge in [0.1, 0.15) is 16.9 Å². The monoisotopic (exact) mass is 354 g/mol. The van der Waals surface area contributed by atoms with Crippen molar-refractivity contribution >= 4 is 39.4 Å². The van der Waals surface area contributed by atoms with E-state index in [1.54, 1.807) is 6.92 Å². The number of nitrogens with zero attached hydrogens (tertiary/aromatic N) is 4. The molecule has 0 saturated heterocycles. The highest BCUT2D eigenvalue weighted by Gasteiger charge is 2.19. The predicted molar refractivity (Wildman–Crippen MR) is 93.3 cm³/mol. The predicted octanol–water partition coefficient (Wildman–Crippen LogP) is 3.96. The summed E-state index contributed by atoms with van der Waals surface area (Å²) < 4.78 is 15.2. The molecule has 0 fully saturated rings. The highest BCUT2D eigenvalue weighted by molar-refractivity contribution is 6.31. The van der Waals surface area contributed by atoms with Crippen LogP contribution in [-0.4, -0.2) is 25.9 Å². The zero-order valence-corrected chi connectivity index (χ0v) is 14.0. The van der Waals surface area contributed by atoms with Gasteiger partial charge in [-0.05, 0) is 24.6 Å². The van der Waals surface area contributed by atoms with Crippen LogP contribution in [-0.2, 0) is 6.42 Å². The lowest BCUT2D eigenvalue weighted by Gasteiger charge is -2.05. The molecular formula is C18H12ClFN4O. The van der Waals surface area contributed by atoms with E-state index in [0.29, 0.717) is 27.6 Å². The summed E-state index contributed by atoms with van der Waals surface area (Å²) in [6.07, 6.45) is 0.178. The first-order valence-electron chi connectivity index (χ1n) is 7.62. The fourth-order valence-electron chi connectivity index (χ4n) is 2.82. The Bertz CT molecular complexity index is 1120. The molecule has 124 valence electrons. The molecule has 0 radical (unpaired) electrons. The lowest BCUT2D eigenvalue weighted by molar-refractivity contribution is 0.0904. The van der Waals surface area contributed by atoms with Gasteiger partial charge in [-0.3, -0.25) is 4.79 Å². The summed E-state index contributed by atoms with van der Waals surface area (Å²) in [6.45, 7) is 1.74. The third-order valence-electron chi connectivity index (χ3n) is 4.01. The third kappa shape index (κ3) is 2.64. The molecule has 5 nitrogen and oxygen atoms in total. The number of halogens is 2. The molecule has 7 heteroatoms. The van der Waals surface area contributed by atoms with E-state index in [4.69, 9.17) is 11.6 Å². The van der Waals surface area contributed by atoms with E-state index < -0.39 is 5.82 Å². The highest BCUT2D eigenvalue weighted by Crippen LogP contribution is 2.28. The van der Waals surface area contributed by atoms with E-state index in [0.717, 1.165) is 5.56 Å². The van der Waals surface area contributed by atoms with Gasteiger partial charge in [-0.1, -0.05) is 41.9 Å². The van der Waals surface area contributed by atoms with Crippen molar-refractivity contribution in [3.8, 4) is 0 Å². The topological polar surface area (TPSA) is 60.7 Å². The van der Waals surface area contributed by atoms with E-state index in [1.165, 1.54) is 16.8 Å². The zero-order valence-electron chi connectivity index (χ0n) is 13.2. The van der Waals surface area contributed by atoms with Crippen molar-refractivity contribution in [1.82, 2.24) is 20.0 Å². The lowest BCUT2D eigenvalue weighted by Crippen LogP contribution is -2.15. The number of carbonyl (C=O) groups is 1. The Labute approximate surface area is 147 Å². The summed E-state index contributed by atoms with van der Waals surface area (Å²) in [7, 11) is 0. The third-order valence-corrected chi connectivity index (χ3v) is 4.30. The van der Waals surface area contributed by atoms with E-state index in [-0.39, 0.29) is 17.4 Å². The van der Waals surface area contributed by atoms with Crippen LogP contribution in [0.15, 0.2) is 42.5 Å². The van der Waals surface area contributed by atoms with Gasteiger partial charge in [0.05, 0.1) is 22.7 Å². The average molecular weight is 355 g/mol. The van der Waals surface area contributed by atoms with E-state index in [9.17, 15) is 9.18 Å². The molecule has 0 spiro atoms. The van der Waals surface area contributed by atoms with Crippen LogP contribution in [0.3, 0.4) is 0 Å². The molecule has 0 atom stereocenters. The van der Waals surface area contributed by atoms with Gasteiger partial charge in [0.25, 0.3) is 5.91 Å². The summed E-state index contributed by atoms with van der Waals surface area (Å²) in [4.78, 5) is 12.8. The van der Waals surface area contributed by atoms with Crippen molar-refractivity contribution in [1.29, 1.82) is 0 Å². The normalized spacial score (nSPS) is 11.3. The molecule has 25 heavy (non-hydrogen) atoms. The van der Waals surface area contributed by atoms with Crippen LogP contribution in [0.1, 0.15) is 16.1 Å². The maximum atomic E-state index is 14.0. The minimum absolute atomic E-state index is 0.0421. The molecule has 0 unspecified atom stereocenters. The van der Waals surface area contributed by atoms with Crippen LogP contribution in [0.5, 0.6) is 0 Å². The molecular weight excluding hydrogens is 343 g/mol. The highest BCUT2D eigenvalue weighted by atomic mass is 35.5. The Morgan fingerprint density at radius 1 is 1.20 bits per heavy atom. The molecule has 0 amide bonds. The first-order valence-corrected chi connectivity index (χ1v) is 8.00. The Morgan fingerprint density at radius 2 is 1.96 bits per heavy atom. The molecule has 0 bridgehead atoms. The number of hydrogen-bond acceptors (Lipinski definition) is 4. The zero-order chi connectivity index (χ0) is 17.6. The van der Waals surface area contributed by atoms with Crippen molar-refractivity contribution in [3.05, 3.63) is 64.6 Å². The molecule has 4 aromatic rings. The quantitative estimate of drug-likeness (QED) is 0.546. The number of benzene rings is 2. The minimum Gasteiger partial charge on any atom is -0.272 e. The van der Waals surface area contributed by atoms with E-state index >= 15 is 0 Å². The number of fused-ring (bicyclic) bond motifs is 3. The molecule has 0 aliphatic heterocycles. The number of carbonyl (C=O) groups excluding carboxylic acids is 1. The summed E-state index contributed by atoms with van der Waals surface area (Å²) >= 11 is 5.82. The fraction of sp³-hybridized carbons (Fsp3) is 0.111. The Morgan fingerprint density at radius 3 is 2.72 bits per heavy atom. The van der Waals surface area contributed by atoms with Crippen LogP contribution in [0.4, 0.5) is 4.39 Å². The van der Waals surface area contributed by atoms with Crippen LogP contribution in [0.25, 0.3) is 21.9 Å². The van der Waals surface area contributed by atoms with E-state index in [1.807, 2.05) is 30.3 Å². The molecule has 4 rings (SSSR count). The van der Waals surface area contributed by atoms with Gasteiger partial charge in [-0.2, -0.15) is 9.78 Å². The summed E-state index contributed by atoms with van der Waals surface area (Å²) in [5.41, 5.74) is 2.75. The van der Waals surface area contributed by atoms with Crippen molar-refractivity contribution < 1.29 is 9.18 Å². The van der Waals surface area contributed by atoms with Gasteiger partial charge in [0, 0.05) is 5.39 Å². The smallest absolute Gasteiger partial charge is 0.251 e. The van der Waals surface area contributed by atoms with Crippen LogP contribution >= 0.6 is 11.6 Å². The molecule has 2 heterocycles. The van der Waals surface area contributed by atoms with Gasteiger partial charge >= 0.3 is 0 Å². The largest absolute Gasteiger partial charge is 0.272 e. The second-order valence-corrected chi connectivity index (χ2v) is 6.14. The van der Waals surface area contributed by atoms with Crippen LogP contribution < -0.4 is 0 Å². The molecule has 0 aliphatic carbocycles. The summed E-state index contributed by atoms with van der Waals surface area (Å²) in [6, 6.07) is 12.0. The van der Waals surface area contributed by atoms with Gasteiger partial charge in [0.15, 0.2) is 0 Å². The number of rotatable bonds is 2. The van der Waals surface area contributed by atoms with Crippen molar-refractivity contribution in [2.24, 2.45) is 0 Å². The second kappa shape index (κ2) is 5.89. The molecule has 2 aromatic carbocycles. The molecule has 2 aromatic heterocycles. The van der Waals surface area contributed by atoms with Gasteiger partial charge in [-0.25, -0.2) is 4.39 Å². The summed E-state index contributed by atoms with van der Waals surface area (Å²) in [5, 5.41) is 12.9. The van der Waals surface area contributed by atoms with Gasteiger partial charge in [-0.15, -0.1) is 10.2 Å². The number of aryl methyl sites for hydroxylation is 1. The average Bonchev–Trinajstić information content (AvgIpc) is 2.94. The summed E-state index contributed by atoms with van der Waals surface area (Å²) in [5.74, 6) is -0.807. The van der Waals surface area contributed by atoms with Crippen LogP contribution in [0.2, 0.25) is 5.02 Å². The van der Waals surface area contributed by atoms with Gasteiger partial charge in [0.2, 0.25) is 0 Å². The van der Waals surface area contributed by atoms with Crippen LogP contribution in [0, 0.1) is 12.7 Å². The Hall–Kier alpha value is -2.86. The Kier molecular flexibility index (Phi) is 3.69. The molecule has 0 N–H and O–H groups in total. The Balaban J connectivity index is 1.93.